The first-order valence-corrected chi connectivity index (χ1v) is 11.3. The molecule has 0 spiro atoms. The molecule has 0 saturated heterocycles. The van der Waals surface area contributed by atoms with E-state index < -0.39 is 0 Å². The van der Waals surface area contributed by atoms with Crippen LogP contribution >= 0.6 is 23.6 Å². The van der Waals surface area contributed by atoms with Crippen LogP contribution in [0.5, 0.6) is 0 Å². The Hall–Kier alpha value is -3.09. The van der Waals surface area contributed by atoms with Crippen LogP contribution in [0.1, 0.15) is 36.7 Å². The Labute approximate surface area is 191 Å². The predicted molar refractivity (Wildman–Crippen MR) is 134 cm³/mol. The van der Waals surface area contributed by atoms with Crippen LogP contribution in [0.2, 0.25) is 0 Å². The van der Waals surface area contributed by atoms with Gasteiger partial charge in [0.25, 0.3) is 5.91 Å². The van der Waals surface area contributed by atoms with Gasteiger partial charge in [-0.15, -0.1) is 11.3 Å². The van der Waals surface area contributed by atoms with E-state index in [1.807, 2.05) is 41.8 Å². The Bertz CT molecular complexity index is 1250. The molecular formula is C25H23N3OS2. The third-order valence-corrected chi connectivity index (χ3v) is 5.97. The molecule has 4 nitrogen and oxygen atoms in total. The Morgan fingerprint density at radius 3 is 2.39 bits per heavy atom. The van der Waals surface area contributed by atoms with Gasteiger partial charge in [-0.25, -0.2) is 4.98 Å². The van der Waals surface area contributed by atoms with E-state index in [-0.39, 0.29) is 16.4 Å². The molecule has 2 N–H and O–H groups in total. The molecule has 0 aliphatic rings. The molecule has 156 valence electrons. The number of thiazole rings is 1. The lowest BCUT2D eigenvalue weighted by Crippen LogP contribution is -2.34. The van der Waals surface area contributed by atoms with Gasteiger partial charge in [0, 0.05) is 16.5 Å². The lowest BCUT2D eigenvalue weighted by atomic mass is 9.87. The molecule has 4 aromatic rings. The molecule has 0 bridgehead atoms. The van der Waals surface area contributed by atoms with Crippen molar-refractivity contribution >= 4 is 50.5 Å². The summed E-state index contributed by atoms with van der Waals surface area (Å²) in [5, 5.41) is 10.9. The molecule has 1 heterocycles. The standard InChI is InChI=1S/C25H23N3OS2/c1-25(2,3)20-12-10-17(11-13-20)22(29)27-23(30)28-24-26-21(15-31-24)19-9-8-16-6-4-5-7-18(16)14-19/h4-15H,1-3H3,(H2,26,27,28,29,30). The fourth-order valence-electron chi connectivity index (χ4n) is 3.24. The van der Waals surface area contributed by atoms with Gasteiger partial charge in [0.1, 0.15) is 0 Å². The normalized spacial score (nSPS) is 11.3. The number of hydrogen-bond donors (Lipinski definition) is 2. The van der Waals surface area contributed by atoms with Crippen molar-refractivity contribution in [3.05, 3.63) is 83.2 Å². The zero-order chi connectivity index (χ0) is 22.0. The second-order valence-corrected chi connectivity index (χ2v) is 9.60. The van der Waals surface area contributed by atoms with Crippen molar-refractivity contribution in [3.8, 4) is 11.3 Å². The number of amides is 1. The van der Waals surface area contributed by atoms with Gasteiger partial charge in [-0.1, -0.05) is 69.3 Å². The van der Waals surface area contributed by atoms with Crippen LogP contribution in [0.25, 0.3) is 22.0 Å². The fourth-order valence-corrected chi connectivity index (χ4v) is 4.22. The van der Waals surface area contributed by atoms with Crippen LogP contribution in [0.4, 0.5) is 5.13 Å². The molecule has 4 rings (SSSR count). The van der Waals surface area contributed by atoms with Crippen LogP contribution in [0, 0.1) is 0 Å². The maximum Gasteiger partial charge on any atom is 0.257 e. The molecule has 0 unspecified atom stereocenters. The molecular weight excluding hydrogens is 422 g/mol. The average molecular weight is 446 g/mol. The van der Waals surface area contributed by atoms with Crippen LogP contribution in [0.15, 0.2) is 72.1 Å². The van der Waals surface area contributed by atoms with E-state index in [2.05, 4.69) is 66.7 Å². The molecule has 0 atom stereocenters. The number of thiocarbonyl (C=S) groups is 1. The molecule has 1 amide bonds. The van der Waals surface area contributed by atoms with Gasteiger partial charge >= 0.3 is 0 Å². The summed E-state index contributed by atoms with van der Waals surface area (Å²) in [6.45, 7) is 6.42. The number of carbonyl (C=O) groups excluding carboxylic acids is 1. The number of rotatable bonds is 3. The molecule has 3 aromatic carbocycles. The first-order chi connectivity index (χ1) is 14.8. The molecule has 0 aliphatic carbocycles. The van der Waals surface area contributed by atoms with E-state index in [9.17, 15) is 4.79 Å². The van der Waals surface area contributed by atoms with E-state index in [4.69, 9.17) is 12.2 Å². The van der Waals surface area contributed by atoms with Crippen LogP contribution < -0.4 is 10.6 Å². The minimum atomic E-state index is -0.246. The summed E-state index contributed by atoms with van der Waals surface area (Å²) in [5.41, 5.74) is 3.68. The number of fused-ring (bicyclic) bond motifs is 1. The summed E-state index contributed by atoms with van der Waals surface area (Å²) in [5.74, 6) is -0.246. The van der Waals surface area contributed by atoms with E-state index in [0.29, 0.717) is 10.7 Å². The van der Waals surface area contributed by atoms with Crippen molar-refractivity contribution in [2.24, 2.45) is 0 Å². The fraction of sp³-hybridized carbons (Fsp3) is 0.160. The van der Waals surface area contributed by atoms with Gasteiger partial charge in [-0.3, -0.25) is 10.1 Å². The first kappa shape index (κ1) is 21.2. The SMILES string of the molecule is CC(C)(C)c1ccc(C(=O)NC(=S)Nc2nc(-c3ccc4ccccc4c3)cs2)cc1. The van der Waals surface area contributed by atoms with Gasteiger partial charge in [0.15, 0.2) is 10.2 Å². The Kier molecular flexibility index (Phi) is 5.85. The van der Waals surface area contributed by atoms with E-state index in [1.165, 1.54) is 27.7 Å². The highest BCUT2D eigenvalue weighted by molar-refractivity contribution is 7.80. The summed E-state index contributed by atoms with van der Waals surface area (Å²) in [7, 11) is 0. The summed E-state index contributed by atoms with van der Waals surface area (Å²) < 4.78 is 0. The molecule has 0 saturated carbocycles. The van der Waals surface area contributed by atoms with Crippen LogP contribution in [-0.2, 0) is 5.41 Å². The van der Waals surface area contributed by atoms with Crippen molar-refractivity contribution in [3.63, 3.8) is 0 Å². The monoisotopic (exact) mass is 445 g/mol. The van der Waals surface area contributed by atoms with E-state index in [1.54, 1.807) is 0 Å². The molecule has 0 aliphatic heterocycles. The number of nitrogens with zero attached hydrogens (tertiary/aromatic N) is 1. The first-order valence-electron chi connectivity index (χ1n) is 9.97. The summed E-state index contributed by atoms with van der Waals surface area (Å²) in [6.07, 6.45) is 0. The minimum absolute atomic E-state index is 0.0411. The van der Waals surface area contributed by atoms with Gasteiger partial charge in [-0.2, -0.15) is 0 Å². The van der Waals surface area contributed by atoms with E-state index in [0.717, 1.165) is 11.3 Å². The smallest absolute Gasteiger partial charge is 0.257 e. The molecule has 6 heteroatoms. The Morgan fingerprint density at radius 1 is 0.968 bits per heavy atom. The zero-order valence-electron chi connectivity index (χ0n) is 17.6. The van der Waals surface area contributed by atoms with Crippen molar-refractivity contribution in [2.45, 2.75) is 26.2 Å². The maximum atomic E-state index is 12.5. The largest absolute Gasteiger partial charge is 0.308 e. The second-order valence-electron chi connectivity index (χ2n) is 8.34. The molecule has 0 fully saturated rings. The lowest BCUT2D eigenvalue weighted by Gasteiger charge is -2.19. The highest BCUT2D eigenvalue weighted by Gasteiger charge is 2.15. The van der Waals surface area contributed by atoms with Crippen LogP contribution in [-0.4, -0.2) is 16.0 Å². The number of carbonyl (C=O) groups is 1. The minimum Gasteiger partial charge on any atom is -0.308 e. The van der Waals surface area contributed by atoms with Crippen molar-refractivity contribution in [1.29, 1.82) is 0 Å². The van der Waals surface area contributed by atoms with Crippen molar-refractivity contribution in [1.82, 2.24) is 10.3 Å². The van der Waals surface area contributed by atoms with Gasteiger partial charge < -0.3 is 5.32 Å². The quantitative estimate of drug-likeness (QED) is 0.359. The number of nitrogens with one attached hydrogen (secondary N) is 2. The van der Waals surface area contributed by atoms with Crippen LogP contribution in [0.3, 0.4) is 0 Å². The third kappa shape index (κ3) is 4.98. The number of hydrogen-bond acceptors (Lipinski definition) is 4. The Morgan fingerprint density at radius 2 is 1.68 bits per heavy atom. The second kappa shape index (κ2) is 8.57. The third-order valence-electron chi connectivity index (χ3n) is 5.01. The predicted octanol–water partition coefficient (Wildman–Crippen LogP) is 6.39. The van der Waals surface area contributed by atoms with Gasteiger partial charge in [-0.05, 0) is 52.2 Å². The summed E-state index contributed by atoms with van der Waals surface area (Å²) >= 11 is 6.75. The van der Waals surface area contributed by atoms with Crippen molar-refractivity contribution < 1.29 is 4.79 Å². The zero-order valence-corrected chi connectivity index (χ0v) is 19.2. The van der Waals surface area contributed by atoms with Gasteiger partial charge in [0.2, 0.25) is 0 Å². The maximum absolute atomic E-state index is 12.5. The van der Waals surface area contributed by atoms with E-state index >= 15 is 0 Å². The number of aromatic nitrogens is 1. The van der Waals surface area contributed by atoms with Gasteiger partial charge in [0.05, 0.1) is 5.69 Å². The van der Waals surface area contributed by atoms with Crippen molar-refractivity contribution in [2.75, 3.05) is 5.32 Å². The highest BCUT2D eigenvalue weighted by Crippen LogP contribution is 2.28. The summed E-state index contributed by atoms with van der Waals surface area (Å²) in [4.78, 5) is 17.1. The average Bonchev–Trinajstić information content (AvgIpc) is 3.21. The highest BCUT2D eigenvalue weighted by atomic mass is 32.1. The number of benzene rings is 3. The molecule has 1 aromatic heterocycles. The topological polar surface area (TPSA) is 54.0 Å². The molecule has 31 heavy (non-hydrogen) atoms. The lowest BCUT2D eigenvalue weighted by molar-refractivity contribution is 0.0977. The summed E-state index contributed by atoms with van der Waals surface area (Å²) in [6, 6.07) is 22.1. The molecule has 0 radical (unpaired) electrons. The number of anilines is 1. The Balaban J connectivity index is 1.41.